The number of nitro benzene ring substituents is 1. The van der Waals surface area contributed by atoms with Crippen LogP contribution in [0.1, 0.15) is 6.42 Å². The Labute approximate surface area is 115 Å². The van der Waals surface area contributed by atoms with Gasteiger partial charge >= 0.3 is 0 Å². The minimum atomic E-state index is -3.72. The third-order valence-electron chi connectivity index (χ3n) is 2.77. The van der Waals surface area contributed by atoms with Crippen LogP contribution in [0.15, 0.2) is 35.2 Å². The lowest BCUT2D eigenvalue weighted by Crippen LogP contribution is -2.33. The third-order valence-corrected chi connectivity index (χ3v) is 4.95. The van der Waals surface area contributed by atoms with Crippen molar-refractivity contribution in [2.24, 2.45) is 0 Å². The largest absolute Gasteiger partial charge is 0.289 e. The van der Waals surface area contributed by atoms with Gasteiger partial charge in [-0.25, -0.2) is 8.42 Å². The maximum absolute atomic E-state index is 12.3. The molecule has 1 aromatic rings. The molecule has 0 fully saturated rings. The summed E-state index contributed by atoms with van der Waals surface area (Å²) in [4.78, 5) is 9.97. The molecule has 0 saturated heterocycles. The highest BCUT2D eigenvalue weighted by molar-refractivity contribution is 7.89. The van der Waals surface area contributed by atoms with Crippen molar-refractivity contribution in [1.82, 2.24) is 4.31 Å². The molecule has 0 unspecified atom stereocenters. The molecular weight excluding hydrogens is 292 g/mol. The van der Waals surface area contributed by atoms with E-state index >= 15 is 0 Å². The standard InChI is InChI=1S/C11H11ClN2O4S/c12-10-5-4-9(8-11(10)14(15)16)19(17,18)13-6-2-1-3-7-13/h1-2,4-5,8H,3,6-7H2. The molecule has 1 aliphatic rings. The lowest BCUT2D eigenvalue weighted by molar-refractivity contribution is -0.384. The second-order valence-electron chi connectivity index (χ2n) is 3.99. The van der Waals surface area contributed by atoms with E-state index in [4.69, 9.17) is 11.6 Å². The van der Waals surface area contributed by atoms with Gasteiger partial charge < -0.3 is 0 Å². The molecule has 6 nitrogen and oxygen atoms in total. The minimum Gasteiger partial charge on any atom is -0.258 e. The van der Waals surface area contributed by atoms with Crippen LogP contribution in [0, 0.1) is 10.1 Å². The summed E-state index contributed by atoms with van der Waals surface area (Å²) in [5.41, 5.74) is -0.407. The Balaban J connectivity index is 2.43. The fourth-order valence-electron chi connectivity index (χ4n) is 1.78. The fourth-order valence-corrected chi connectivity index (χ4v) is 3.39. The Morgan fingerprint density at radius 2 is 2.05 bits per heavy atom. The lowest BCUT2D eigenvalue weighted by Gasteiger charge is -2.22. The van der Waals surface area contributed by atoms with Gasteiger partial charge in [-0.2, -0.15) is 4.31 Å². The summed E-state index contributed by atoms with van der Waals surface area (Å²) in [6, 6.07) is 3.51. The highest BCUT2D eigenvalue weighted by Gasteiger charge is 2.27. The predicted molar refractivity (Wildman–Crippen MR) is 70.6 cm³/mol. The van der Waals surface area contributed by atoms with Gasteiger partial charge in [0.1, 0.15) is 5.02 Å². The number of nitro groups is 1. The average molecular weight is 303 g/mol. The Bertz CT molecular complexity index is 642. The van der Waals surface area contributed by atoms with E-state index in [0.29, 0.717) is 13.0 Å². The maximum atomic E-state index is 12.3. The smallest absolute Gasteiger partial charge is 0.258 e. The molecule has 0 bridgehead atoms. The van der Waals surface area contributed by atoms with Gasteiger partial charge in [0, 0.05) is 19.2 Å². The first-order valence-corrected chi connectivity index (χ1v) is 7.34. The predicted octanol–water partition coefficient (Wildman–Crippen LogP) is 2.20. The zero-order valence-electron chi connectivity index (χ0n) is 9.82. The SMILES string of the molecule is O=[N+]([O-])c1cc(S(=O)(=O)N2CC=CCC2)ccc1Cl. The molecule has 0 aromatic heterocycles. The number of nitrogens with zero attached hydrogens (tertiary/aromatic N) is 2. The summed E-state index contributed by atoms with van der Waals surface area (Å²) >= 11 is 5.67. The maximum Gasteiger partial charge on any atom is 0.289 e. The van der Waals surface area contributed by atoms with E-state index in [0.717, 1.165) is 6.07 Å². The van der Waals surface area contributed by atoms with E-state index in [9.17, 15) is 18.5 Å². The molecule has 0 atom stereocenters. The molecule has 1 aromatic carbocycles. The normalized spacial score (nSPS) is 16.5. The number of sulfonamides is 1. The summed E-state index contributed by atoms with van der Waals surface area (Å²) in [6.45, 7) is 0.647. The lowest BCUT2D eigenvalue weighted by atomic mass is 10.3. The van der Waals surface area contributed by atoms with Crippen LogP contribution in [0.4, 0.5) is 5.69 Å². The van der Waals surface area contributed by atoms with E-state index in [-0.39, 0.29) is 16.5 Å². The molecule has 1 aliphatic heterocycles. The molecule has 0 aliphatic carbocycles. The molecule has 8 heteroatoms. The van der Waals surface area contributed by atoms with Crippen molar-refractivity contribution in [3.63, 3.8) is 0 Å². The zero-order chi connectivity index (χ0) is 14.0. The van der Waals surface area contributed by atoms with Crippen LogP contribution in [0.5, 0.6) is 0 Å². The van der Waals surface area contributed by atoms with Crippen LogP contribution < -0.4 is 0 Å². The van der Waals surface area contributed by atoms with E-state index in [1.165, 1.54) is 16.4 Å². The highest BCUT2D eigenvalue weighted by atomic mass is 35.5. The van der Waals surface area contributed by atoms with Crippen LogP contribution in [0.3, 0.4) is 0 Å². The quantitative estimate of drug-likeness (QED) is 0.487. The molecule has 102 valence electrons. The second-order valence-corrected chi connectivity index (χ2v) is 6.34. The molecule has 0 spiro atoms. The molecule has 0 saturated carbocycles. The van der Waals surface area contributed by atoms with Crippen LogP contribution in [-0.4, -0.2) is 30.7 Å². The van der Waals surface area contributed by atoms with Gasteiger partial charge in [-0.05, 0) is 18.6 Å². The minimum absolute atomic E-state index is 0.0810. The Morgan fingerprint density at radius 3 is 2.63 bits per heavy atom. The van der Waals surface area contributed by atoms with E-state index in [2.05, 4.69) is 0 Å². The van der Waals surface area contributed by atoms with Crippen molar-refractivity contribution in [1.29, 1.82) is 0 Å². The van der Waals surface area contributed by atoms with Crippen molar-refractivity contribution in [3.05, 3.63) is 45.5 Å². The average Bonchev–Trinajstić information content (AvgIpc) is 2.39. The van der Waals surface area contributed by atoms with Gasteiger partial charge in [-0.1, -0.05) is 23.8 Å². The van der Waals surface area contributed by atoms with Gasteiger partial charge in [0.15, 0.2) is 0 Å². The molecule has 1 heterocycles. The summed E-state index contributed by atoms with van der Waals surface area (Å²) in [5, 5.41) is 10.7. The van der Waals surface area contributed by atoms with E-state index < -0.39 is 20.6 Å². The van der Waals surface area contributed by atoms with Crippen molar-refractivity contribution < 1.29 is 13.3 Å². The second kappa shape index (κ2) is 5.28. The molecule has 19 heavy (non-hydrogen) atoms. The van der Waals surface area contributed by atoms with E-state index in [1.54, 1.807) is 6.08 Å². The van der Waals surface area contributed by atoms with Gasteiger partial charge in [-0.3, -0.25) is 10.1 Å². The number of hydrogen-bond acceptors (Lipinski definition) is 4. The van der Waals surface area contributed by atoms with Crippen LogP contribution in [0.25, 0.3) is 0 Å². The summed E-state index contributed by atoms with van der Waals surface area (Å²) in [7, 11) is -3.72. The zero-order valence-corrected chi connectivity index (χ0v) is 11.4. The van der Waals surface area contributed by atoms with Crippen molar-refractivity contribution in [3.8, 4) is 0 Å². The molecule has 0 amide bonds. The van der Waals surface area contributed by atoms with E-state index in [1.807, 2.05) is 6.08 Å². The first kappa shape index (κ1) is 14.0. The highest BCUT2D eigenvalue weighted by Crippen LogP contribution is 2.28. The van der Waals surface area contributed by atoms with Crippen molar-refractivity contribution >= 4 is 27.3 Å². The topological polar surface area (TPSA) is 80.5 Å². The van der Waals surface area contributed by atoms with Gasteiger partial charge in [-0.15, -0.1) is 0 Å². The fraction of sp³-hybridized carbons (Fsp3) is 0.273. The van der Waals surface area contributed by atoms with Gasteiger partial charge in [0.2, 0.25) is 10.0 Å². The first-order chi connectivity index (χ1) is 8.93. The summed E-state index contributed by atoms with van der Waals surface area (Å²) in [5.74, 6) is 0. The van der Waals surface area contributed by atoms with Crippen molar-refractivity contribution in [2.75, 3.05) is 13.1 Å². The third kappa shape index (κ3) is 2.78. The monoisotopic (exact) mass is 302 g/mol. The molecule has 0 N–H and O–H groups in total. The summed E-state index contributed by atoms with van der Waals surface area (Å²) < 4.78 is 25.9. The number of benzene rings is 1. The molecule has 0 radical (unpaired) electrons. The Morgan fingerprint density at radius 1 is 1.32 bits per heavy atom. The first-order valence-electron chi connectivity index (χ1n) is 5.52. The number of halogens is 1. The van der Waals surface area contributed by atoms with Crippen LogP contribution in [0.2, 0.25) is 5.02 Å². The molecule has 2 rings (SSSR count). The summed E-state index contributed by atoms with van der Waals surface area (Å²) in [6.07, 6.45) is 4.29. The Hall–Kier alpha value is -1.44. The Kier molecular flexibility index (Phi) is 3.88. The van der Waals surface area contributed by atoms with Crippen molar-refractivity contribution in [2.45, 2.75) is 11.3 Å². The van der Waals surface area contributed by atoms with Crippen LogP contribution in [-0.2, 0) is 10.0 Å². The molecular formula is C11H11ClN2O4S. The van der Waals surface area contributed by atoms with Crippen LogP contribution >= 0.6 is 11.6 Å². The van der Waals surface area contributed by atoms with Gasteiger partial charge in [0.25, 0.3) is 5.69 Å². The number of rotatable bonds is 3. The number of hydrogen-bond donors (Lipinski definition) is 0. The van der Waals surface area contributed by atoms with Gasteiger partial charge in [0.05, 0.1) is 9.82 Å².